The number of benzene rings is 3. The van der Waals surface area contributed by atoms with Crippen LogP contribution in [-0.2, 0) is 0 Å². The molecular formula is C25H24N2O. The number of nitrogens with one attached hydrogen (secondary N) is 2. The highest BCUT2D eigenvalue weighted by molar-refractivity contribution is 6.01. The van der Waals surface area contributed by atoms with E-state index in [2.05, 4.69) is 71.3 Å². The van der Waals surface area contributed by atoms with E-state index >= 15 is 0 Å². The van der Waals surface area contributed by atoms with Gasteiger partial charge in [-0.05, 0) is 47.2 Å². The quantitative estimate of drug-likeness (QED) is 0.607. The maximum Gasteiger partial charge on any atom is 0.253 e. The van der Waals surface area contributed by atoms with Gasteiger partial charge in [-0.3, -0.25) is 4.79 Å². The summed E-state index contributed by atoms with van der Waals surface area (Å²) in [6.07, 6.45) is 5.67. The van der Waals surface area contributed by atoms with Gasteiger partial charge in [0.25, 0.3) is 5.91 Å². The van der Waals surface area contributed by atoms with Gasteiger partial charge in [0.1, 0.15) is 0 Å². The Bertz CT molecular complexity index is 1080. The Morgan fingerprint density at radius 1 is 1.04 bits per heavy atom. The summed E-state index contributed by atoms with van der Waals surface area (Å²) in [6, 6.07) is 21.4. The second kappa shape index (κ2) is 6.83. The minimum absolute atomic E-state index is 0.0102. The number of allylic oxidation sites excluding steroid dienone is 2. The third-order valence-electron chi connectivity index (χ3n) is 6.14. The van der Waals surface area contributed by atoms with E-state index in [9.17, 15) is 4.79 Å². The van der Waals surface area contributed by atoms with Crippen LogP contribution in [-0.4, -0.2) is 12.5 Å². The molecule has 1 aliphatic heterocycles. The molecule has 3 nitrogen and oxygen atoms in total. The summed E-state index contributed by atoms with van der Waals surface area (Å²) < 4.78 is 0. The predicted octanol–water partition coefficient (Wildman–Crippen LogP) is 5.42. The molecule has 28 heavy (non-hydrogen) atoms. The van der Waals surface area contributed by atoms with Crippen molar-refractivity contribution in [1.82, 2.24) is 5.32 Å². The van der Waals surface area contributed by atoms with Gasteiger partial charge in [0, 0.05) is 12.5 Å². The van der Waals surface area contributed by atoms with Crippen molar-refractivity contribution < 1.29 is 4.79 Å². The number of anilines is 1. The van der Waals surface area contributed by atoms with Crippen LogP contribution in [0.25, 0.3) is 10.8 Å². The van der Waals surface area contributed by atoms with Crippen molar-refractivity contribution in [2.24, 2.45) is 5.92 Å². The monoisotopic (exact) mass is 368 g/mol. The fourth-order valence-electron chi connectivity index (χ4n) is 4.90. The standard InChI is InChI=1S/C25H24N2O/c1-2-26-25(28)22-15-7-14-21-18-11-6-13-20(18)23(27-24(21)22)19-12-5-9-16-8-3-4-10-17(16)19/h3-12,14-15,18,20,23,27H,2,13H2,1H3,(H,26,28). The van der Waals surface area contributed by atoms with E-state index in [1.807, 2.05) is 19.1 Å². The first-order chi connectivity index (χ1) is 13.8. The molecule has 3 heteroatoms. The largest absolute Gasteiger partial charge is 0.377 e. The molecule has 1 aliphatic carbocycles. The van der Waals surface area contributed by atoms with Gasteiger partial charge in [-0.15, -0.1) is 0 Å². The Kier molecular flexibility index (Phi) is 4.16. The van der Waals surface area contributed by atoms with Crippen molar-refractivity contribution in [2.45, 2.75) is 25.3 Å². The maximum absolute atomic E-state index is 12.7. The Balaban J connectivity index is 1.66. The van der Waals surface area contributed by atoms with Crippen LogP contribution in [0.4, 0.5) is 5.69 Å². The van der Waals surface area contributed by atoms with Crippen LogP contribution in [0, 0.1) is 5.92 Å². The molecule has 0 aromatic heterocycles. The Morgan fingerprint density at radius 2 is 1.82 bits per heavy atom. The summed E-state index contributed by atoms with van der Waals surface area (Å²) in [7, 11) is 0. The number of fused-ring (bicyclic) bond motifs is 4. The number of carbonyl (C=O) groups excluding carboxylic acids is 1. The van der Waals surface area contributed by atoms with Crippen LogP contribution < -0.4 is 10.6 Å². The van der Waals surface area contributed by atoms with E-state index < -0.39 is 0 Å². The predicted molar refractivity (Wildman–Crippen MR) is 115 cm³/mol. The van der Waals surface area contributed by atoms with Gasteiger partial charge in [-0.2, -0.15) is 0 Å². The summed E-state index contributed by atoms with van der Waals surface area (Å²) in [5, 5.41) is 9.28. The summed E-state index contributed by atoms with van der Waals surface area (Å²) in [6.45, 7) is 2.58. The number of amides is 1. The topological polar surface area (TPSA) is 41.1 Å². The van der Waals surface area contributed by atoms with Gasteiger partial charge < -0.3 is 10.6 Å². The molecule has 3 unspecified atom stereocenters. The van der Waals surface area contributed by atoms with Crippen LogP contribution in [0.5, 0.6) is 0 Å². The highest BCUT2D eigenvalue weighted by Crippen LogP contribution is 2.51. The van der Waals surface area contributed by atoms with Crippen molar-refractivity contribution in [2.75, 3.05) is 11.9 Å². The zero-order valence-corrected chi connectivity index (χ0v) is 16.0. The molecular weight excluding hydrogens is 344 g/mol. The first kappa shape index (κ1) is 17.1. The molecule has 0 radical (unpaired) electrons. The molecule has 0 spiro atoms. The molecule has 3 aromatic rings. The van der Waals surface area contributed by atoms with Crippen molar-refractivity contribution in [1.29, 1.82) is 0 Å². The van der Waals surface area contributed by atoms with Gasteiger partial charge >= 0.3 is 0 Å². The SMILES string of the molecule is CCNC(=O)c1cccc2c1NC(c1cccc3ccccc13)C1CC=CC21. The van der Waals surface area contributed by atoms with E-state index in [0.717, 1.165) is 17.7 Å². The summed E-state index contributed by atoms with van der Waals surface area (Å²) in [5.41, 5.74) is 4.27. The van der Waals surface area contributed by atoms with Gasteiger partial charge in [0.15, 0.2) is 0 Å². The van der Waals surface area contributed by atoms with Crippen LogP contribution in [0.2, 0.25) is 0 Å². The molecule has 0 saturated carbocycles. The number of carbonyl (C=O) groups is 1. The number of hydrogen-bond acceptors (Lipinski definition) is 2. The summed E-state index contributed by atoms with van der Waals surface area (Å²) in [5.74, 6) is 0.793. The van der Waals surface area contributed by atoms with Crippen LogP contribution in [0.15, 0.2) is 72.8 Å². The molecule has 3 aromatic carbocycles. The molecule has 2 N–H and O–H groups in total. The van der Waals surface area contributed by atoms with E-state index in [0.29, 0.717) is 18.4 Å². The molecule has 3 atom stereocenters. The Labute approximate surface area is 165 Å². The van der Waals surface area contributed by atoms with Crippen molar-refractivity contribution in [3.63, 3.8) is 0 Å². The molecule has 1 heterocycles. The fourth-order valence-corrected chi connectivity index (χ4v) is 4.90. The number of rotatable bonds is 3. The third kappa shape index (κ3) is 2.62. The highest BCUT2D eigenvalue weighted by atomic mass is 16.1. The zero-order chi connectivity index (χ0) is 19.1. The van der Waals surface area contributed by atoms with E-state index in [-0.39, 0.29) is 11.9 Å². The Morgan fingerprint density at radius 3 is 2.71 bits per heavy atom. The van der Waals surface area contributed by atoms with Crippen LogP contribution >= 0.6 is 0 Å². The molecule has 0 fully saturated rings. The Hall–Kier alpha value is -3.07. The molecule has 0 saturated heterocycles. The normalized spacial score (nSPS) is 22.4. The first-order valence-electron chi connectivity index (χ1n) is 10.1. The average molecular weight is 368 g/mol. The molecule has 140 valence electrons. The first-order valence-corrected chi connectivity index (χ1v) is 10.1. The zero-order valence-electron chi connectivity index (χ0n) is 16.0. The van der Waals surface area contributed by atoms with E-state index in [4.69, 9.17) is 0 Å². The van der Waals surface area contributed by atoms with E-state index in [1.165, 1.54) is 21.9 Å². The van der Waals surface area contributed by atoms with Gasteiger partial charge in [0.2, 0.25) is 0 Å². The van der Waals surface area contributed by atoms with Crippen LogP contribution in [0.1, 0.15) is 46.8 Å². The lowest BCUT2D eigenvalue weighted by Crippen LogP contribution is -2.32. The average Bonchev–Trinajstić information content (AvgIpc) is 3.23. The number of para-hydroxylation sites is 1. The second-order valence-electron chi connectivity index (χ2n) is 7.67. The lowest BCUT2D eigenvalue weighted by atomic mass is 9.75. The fraction of sp³-hybridized carbons (Fsp3) is 0.240. The van der Waals surface area contributed by atoms with Crippen molar-refractivity contribution >= 4 is 22.4 Å². The number of hydrogen-bond donors (Lipinski definition) is 2. The smallest absolute Gasteiger partial charge is 0.253 e. The molecule has 5 rings (SSSR count). The summed E-state index contributed by atoms with van der Waals surface area (Å²) in [4.78, 5) is 12.7. The minimum Gasteiger partial charge on any atom is -0.377 e. The molecule has 2 aliphatic rings. The van der Waals surface area contributed by atoms with Crippen molar-refractivity contribution in [3.8, 4) is 0 Å². The van der Waals surface area contributed by atoms with Gasteiger partial charge in [-0.25, -0.2) is 0 Å². The lowest BCUT2D eigenvalue weighted by molar-refractivity contribution is 0.0956. The maximum atomic E-state index is 12.7. The molecule has 0 bridgehead atoms. The van der Waals surface area contributed by atoms with Crippen LogP contribution in [0.3, 0.4) is 0 Å². The van der Waals surface area contributed by atoms with Crippen molar-refractivity contribution in [3.05, 3.63) is 89.5 Å². The van der Waals surface area contributed by atoms with Gasteiger partial charge in [0.05, 0.1) is 17.3 Å². The second-order valence-corrected chi connectivity index (χ2v) is 7.67. The molecule has 1 amide bonds. The van der Waals surface area contributed by atoms with Gasteiger partial charge in [-0.1, -0.05) is 66.7 Å². The third-order valence-corrected chi connectivity index (χ3v) is 6.14. The van der Waals surface area contributed by atoms with E-state index in [1.54, 1.807) is 0 Å². The minimum atomic E-state index is -0.0102. The summed E-state index contributed by atoms with van der Waals surface area (Å²) >= 11 is 0. The lowest BCUT2D eigenvalue weighted by Gasteiger charge is -2.38. The highest BCUT2D eigenvalue weighted by Gasteiger charge is 2.39.